The van der Waals surface area contributed by atoms with Crippen LogP contribution in [0.1, 0.15) is 18.2 Å². The van der Waals surface area contributed by atoms with Crippen LogP contribution in [0.5, 0.6) is 0 Å². The molecule has 108 valence electrons. The lowest BCUT2D eigenvalue weighted by Gasteiger charge is -2.12. The van der Waals surface area contributed by atoms with Gasteiger partial charge >= 0.3 is 0 Å². The lowest BCUT2D eigenvalue weighted by molar-refractivity contribution is 0.627. The zero-order chi connectivity index (χ0) is 14.7. The van der Waals surface area contributed by atoms with Gasteiger partial charge in [-0.3, -0.25) is 4.68 Å². The molecule has 1 N–H and O–H groups in total. The number of nitrogens with one attached hydrogen (secondary N) is 1. The summed E-state index contributed by atoms with van der Waals surface area (Å²) in [6.07, 6.45) is 3.41. The summed E-state index contributed by atoms with van der Waals surface area (Å²) < 4.78 is 3.62. The highest BCUT2D eigenvalue weighted by molar-refractivity contribution is 5.56. The Hall–Kier alpha value is -2.70. The molecule has 0 aliphatic carbocycles. The molecule has 21 heavy (non-hydrogen) atoms. The largest absolute Gasteiger partial charge is 0.379 e. The number of anilines is 1. The molecule has 0 saturated carbocycles. The minimum absolute atomic E-state index is 0.730. The molecule has 0 aliphatic heterocycles. The molecule has 2 aromatic heterocycles. The third-order valence-corrected chi connectivity index (χ3v) is 3.40. The lowest BCUT2D eigenvalue weighted by Crippen LogP contribution is -2.09. The van der Waals surface area contributed by atoms with Crippen molar-refractivity contribution in [3.8, 4) is 5.69 Å². The van der Waals surface area contributed by atoms with Crippen molar-refractivity contribution in [2.24, 2.45) is 0 Å². The van der Waals surface area contributed by atoms with E-state index in [2.05, 4.69) is 45.9 Å². The Kier molecular flexibility index (Phi) is 3.63. The van der Waals surface area contributed by atoms with Gasteiger partial charge in [0.15, 0.2) is 0 Å². The first-order valence-electron chi connectivity index (χ1n) is 6.86. The molecule has 0 spiro atoms. The summed E-state index contributed by atoms with van der Waals surface area (Å²) in [6, 6.07) is 8.11. The minimum atomic E-state index is 0.730. The van der Waals surface area contributed by atoms with E-state index in [1.165, 1.54) is 5.56 Å². The summed E-state index contributed by atoms with van der Waals surface area (Å²) in [5.74, 6) is 0. The Bertz CT molecular complexity index is 715. The predicted octanol–water partition coefficient (Wildman–Crippen LogP) is 1.80. The monoisotopic (exact) mass is 283 g/mol. The summed E-state index contributed by atoms with van der Waals surface area (Å²) >= 11 is 0. The van der Waals surface area contributed by atoms with Gasteiger partial charge in [0.05, 0.1) is 17.9 Å². The fourth-order valence-corrected chi connectivity index (χ4v) is 2.20. The van der Waals surface area contributed by atoms with Crippen LogP contribution < -0.4 is 5.32 Å². The Morgan fingerprint density at radius 1 is 1.24 bits per heavy atom. The number of rotatable bonds is 5. The van der Waals surface area contributed by atoms with Crippen LogP contribution in [0.25, 0.3) is 5.69 Å². The molecule has 7 heteroatoms. The molecule has 3 rings (SSSR count). The molecular formula is C14H17N7. The number of nitrogens with zero attached hydrogens (tertiary/aromatic N) is 6. The topological polar surface area (TPSA) is 73.5 Å². The average Bonchev–Trinajstić information content (AvgIpc) is 3.17. The standard InChI is InChI=1S/C14H17N7/c1-3-20-13(6-7-17-20)9-15-14-8-12(5-4-11(14)2)21-10-16-18-19-21/h4-8,10,15H,3,9H2,1-2H3. The first kappa shape index (κ1) is 13.3. The van der Waals surface area contributed by atoms with Crippen molar-refractivity contribution in [1.29, 1.82) is 0 Å². The van der Waals surface area contributed by atoms with Crippen molar-refractivity contribution in [3.63, 3.8) is 0 Å². The second-order valence-corrected chi connectivity index (χ2v) is 4.75. The van der Waals surface area contributed by atoms with Gasteiger partial charge in [-0.2, -0.15) is 5.10 Å². The zero-order valence-corrected chi connectivity index (χ0v) is 12.1. The van der Waals surface area contributed by atoms with Crippen LogP contribution in [0.4, 0.5) is 5.69 Å². The molecule has 7 nitrogen and oxygen atoms in total. The molecule has 2 heterocycles. The average molecular weight is 283 g/mol. The van der Waals surface area contributed by atoms with E-state index in [1.807, 2.05) is 29.1 Å². The van der Waals surface area contributed by atoms with Crippen LogP contribution in [0.2, 0.25) is 0 Å². The number of hydrogen-bond acceptors (Lipinski definition) is 5. The summed E-state index contributed by atoms with van der Waals surface area (Å²) in [6.45, 7) is 5.75. The van der Waals surface area contributed by atoms with Crippen molar-refractivity contribution in [1.82, 2.24) is 30.0 Å². The molecule has 0 aliphatic rings. The highest BCUT2D eigenvalue weighted by Gasteiger charge is 2.05. The van der Waals surface area contributed by atoms with Gasteiger partial charge in [0.25, 0.3) is 0 Å². The number of aryl methyl sites for hydroxylation is 2. The van der Waals surface area contributed by atoms with E-state index in [4.69, 9.17) is 0 Å². The van der Waals surface area contributed by atoms with Gasteiger partial charge in [-0.15, -0.1) is 5.10 Å². The minimum Gasteiger partial charge on any atom is -0.379 e. The number of aromatic nitrogens is 6. The summed E-state index contributed by atoms with van der Waals surface area (Å²) in [7, 11) is 0. The number of benzene rings is 1. The van der Waals surface area contributed by atoms with Crippen molar-refractivity contribution < 1.29 is 0 Å². The molecule has 3 aromatic rings. The molecule has 0 amide bonds. The van der Waals surface area contributed by atoms with E-state index >= 15 is 0 Å². The normalized spacial score (nSPS) is 10.8. The van der Waals surface area contributed by atoms with E-state index in [0.29, 0.717) is 0 Å². The molecule has 0 saturated heterocycles. The van der Waals surface area contributed by atoms with E-state index < -0.39 is 0 Å². The van der Waals surface area contributed by atoms with Crippen LogP contribution >= 0.6 is 0 Å². The second-order valence-electron chi connectivity index (χ2n) is 4.75. The van der Waals surface area contributed by atoms with Gasteiger partial charge in [-0.25, -0.2) is 4.68 Å². The van der Waals surface area contributed by atoms with Crippen molar-refractivity contribution >= 4 is 5.69 Å². The predicted molar refractivity (Wildman–Crippen MR) is 79.1 cm³/mol. The fraction of sp³-hybridized carbons (Fsp3) is 0.286. The second kappa shape index (κ2) is 5.74. The molecule has 1 aromatic carbocycles. The molecular weight excluding hydrogens is 266 g/mol. The molecule has 0 radical (unpaired) electrons. The van der Waals surface area contributed by atoms with Crippen LogP contribution in [0.15, 0.2) is 36.8 Å². The SMILES string of the molecule is CCn1nccc1CNc1cc(-n2cnnn2)ccc1C. The third kappa shape index (κ3) is 2.76. The van der Waals surface area contributed by atoms with E-state index in [1.54, 1.807) is 11.0 Å². The molecule has 0 fully saturated rings. The number of tetrazole rings is 1. The first-order chi connectivity index (χ1) is 10.3. The van der Waals surface area contributed by atoms with E-state index in [0.717, 1.165) is 30.2 Å². The third-order valence-electron chi connectivity index (χ3n) is 3.40. The van der Waals surface area contributed by atoms with Gasteiger partial charge in [-0.1, -0.05) is 6.07 Å². The van der Waals surface area contributed by atoms with Gasteiger partial charge < -0.3 is 5.32 Å². The zero-order valence-electron chi connectivity index (χ0n) is 12.1. The van der Waals surface area contributed by atoms with E-state index in [-0.39, 0.29) is 0 Å². The van der Waals surface area contributed by atoms with Crippen LogP contribution in [0, 0.1) is 6.92 Å². The maximum atomic E-state index is 4.27. The molecule has 0 atom stereocenters. The summed E-state index contributed by atoms with van der Waals surface area (Å²) in [5.41, 5.74) is 4.32. The summed E-state index contributed by atoms with van der Waals surface area (Å²) in [5, 5.41) is 19.0. The maximum Gasteiger partial charge on any atom is 0.143 e. The van der Waals surface area contributed by atoms with Crippen LogP contribution in [0.3, 0.4) is 0 Å². The van der Waals surface area contributed by atoms with Crippen molar-refractivity contribution in [2.75, 3.05) is 5.32 Å². The van der Waals surface area contributed by atoms with Crippen molar-refractivity contribution in [3.05, 3.63) is 48.0 Å². The van der Waals surface area contributed by atoms with Crippen LogP contribution in [-0.4, -0.2) is 30.0 Å². The first-order valence-corrected chi connectivity index (χ1v) is 6.86. The van der Waals surface area contributed by atoms with Crippen molar-refractivity contribution in [2.45, 2.75) is 26.9 Å². The highest BCUT2D eigenvalue weighted by Crippen LogP contribution is 2.19. The Balaban J connectivity index is 1.80. The van der Waals surface area contributed by atoms with Gasteiger partial charge in [-0.05, 0) is 48.0 Å². The fourth-order valence-electron chi connectivity index (χ4n) is 2.20. The maximum absolute atomic E-state index is 4.27. The lowest BCUT2D eigenvalue weighted by atomic mass is 10.1. The highest BCUT2D eigenvalue weighted by atomic mass is 15.5. The van der Waals surface area contributed by atoms with Gasteiger partial charge in [0.2, 0.25) is 0 Å². The van der Waals surface area contributed by atoms with E-state index in [9.17, 15) is 0 Å². The smallest absolute Gasteiger partial charge is 0.143 e. The Morgan fingerprint density at radius 3 is 2.90 bits per heavy atom. The molecule has 0 bridgehead atoms. The Morgan fingerprint density at radius 2 is 2.14 bits per heavy atom. The van der Waals surface area contributed by atoms with Gasteiger partial charge in [0, 0.05) is 18.4 Å². The Labute approximate surface area is 122 Å². The number of hydrogen-bond donors (Lipinski definition) is 1. The molecule has 0 unspecified atom stereocenters. The van der Waals surface area contributed by atoms with Crippen LogP contribution in [-0.2, 0) is 13.1 Å². The van der Waals surface area contributed by atoms with Gasteiger partial charge in [0.1, 0.15) is 6.33 Å². The summed E-state index contributed by atoms with van der Waals surface area (Å²) in [4.78, 5) is 0. The quantitative estimate of drug-likeness (QED) is 0.773.